The van der Waals surface area contributed by atoms with Crippen LogP contribution in [0.3, 0.4) is 0 Å². The summed E-state index contributed by atoms with van der Waals surface area (Å²) in [7, 11) is -3.35. The maximum Gasteiger partial charge on any atom is 0.252 e. The molecule has 0 N–H and O–H groups in total. The first-order chi connectivity index (χ1) is 12.1. The average molecular weight is 396 g/mol. The van der Waals surface area contributed by atoms with Crippen LogP contribution in [0.4, 0.5) is 0 Å². The van der Waals surface area contributed by atoms with Crippen LogP contribution in [-0.2, 0) is 16.6 Å². The number of piperazine rings is 1. The molecule has 1 aliphatic heterocycles. The molecule has 25 heavy (non-hydrogen) atoms. The van der Waals surface area contributed by atoms with Crippen LogP contribution < -0.4 is 0 Å². The van der Waals surface area contributed by atoms with Crippen molar-refractivity contribution in [3.63, 3.8) is 0 Å². The number of nitrogens with zero attached hydrogens (tertiary/aromatic N) is 3. The molecule has 6 nitrogen and oxygen atoms in total. The summed E-state index contributed by atoms with van der Waals surface area (Å²) >= 11 is 2.86. The second kappa shape index (κ2) is 7.00. The van der Waals surface area contributed by atoms with E-state index >= 15 is 0 Å². The lowest BCUT2D eigenvalue weighted by atomic mass is 10.3. The van der Waals surface area contributed by atoms with E-state index in [1.54, 1.807) is 39.4 Å². The molecule has 0 unspecified atom stereocenters. The second-order valence-corrected chi connectivity index (χ2v) is 9.79. The van der Waals surface area contributed by atoms with E-state index in [4.69, 9.17) is 4.42 Å². The van der Waals surface area contributed by atoms with E-state index in [1.807, 2.05) is 17.5 Å². The normalized spacial score (nSPS) is 17.1. The molecule has 132 valence electrons. The largest absolute Gasteiger partial charge is 0.444 e. The number of thiophene rings is 2. The van der Waals surface area contributed by atoms with Gasteiger partial charge in [-0.3, -0.25) is 4.90 Å². The molecule has 0 spiro atoms. The van der Waals surface area contributed by atoms with E-state index < -0.39 is 10.0 Å². The lowest BCUT2D eigenvalue weighted by Crippen LogP contribution is -2.48. The predicted molar refractivity (Wildman–Crippen MR) is 98.2 cm³/mol. The Balaban J connectivity index is 1.36. The highest BCUT2D eigenvalue weighted by Crippen LogP contribution is 2.25. The van der Waals surface area contributed by atoms with Crippen LogP contribution in [0.25, 0.3) is 10.8 Å². The number of hydrogen-bond acceptors (Lipinski definition) is 7. The molecule has 1 fully saturated rings. The molecule has 0 radical (unpaired) electrons. The Morgan fingerprint density at radius 3 is 2.52 bits per heavy atom. The van der Waals surface area contributed by atoms with Crippen molar-refractivity contribution in [3.05, 3.63) is 47.0 Å². The Morgan fingerprint density at radius 1 is 1.08 bits per heavy atom. The fourth-order valence-electron chi connectivity index (χ4n) is 2.79. The fourth-order valence-corrected chi connectivity index (χ4v) is 6.01. The van der Waals surface area contributed by atoms with E-state index in [-0.39, 0.29) is 0 Å². The Hall–Kier alpha value is -1.52. The van der Waals surface area contributed by atoms with Crippen LogP contribution in [0.15, 0.2) is 49.9 Å². The minimum Gasteiger partial charge on any atom is -0.444 e. The minimum absolute atomic E-state index is 0.415. The third kappa shape index (κ3) is 3.56. The zero-order valence-electron chi connectivity index (χ0n) is 13.4. The molecular formula is C16H17N3O3S3. The summed E-state index contributed by atoms with van der Waals surface area (Å²) in [5, 5.41) is 3.78. The van der Waals surface area contributed by atoms with E-state index in [2.05, 4.69) is 9.88 Å². The van der Waals surface area contributed by atoms with Crippen molar-refractivity contribution < 1.29 is 12.8 Å². The van der Waals surface area contributed by atoms with E-state index in [1.165, 1.54) is 11.3 Å². The highest BCUT2D eigenvalue weighted by molar-refractivity contribution is 7.91. The fraction of sp³-hybridized carbons (Fsp3) is 0.312. The molecule has 3 aromatic rings. The summed E-state index contributed by atoms with van der Waals surface area (Å²) in [5.41, 5.74) is 0.873. The lowest BCUT2D eigenvalue weighted by molar-refractivity contribution is 0.180. The van der Waals surface area contributed by atoms with Crippen LogP contribution >= 0.6 is 22.7 Å². The smallest absolute Gasteiger partial charge is 0.252 e. The summed E-state index contributed by atoms with van der Waals surface area (Å²) < 4.78 is 32.6. The molecule has 4 heterocycles. The summed E-state index contributed by atoms with van der Waals surface area (Å²) in [4.78, 5) is 7.74. The van der Waals surface area contributed by atoms with Gasteiger partial charge in [0, 0.05) is 32.7 Å². The van der Waals surface area contributed by atoms with Crippen molar-refractivity contribution in [2.24, 2.45) is 0 Å². The second-order valence-electron chi connectivity index (χ2n) is 5.73. The Labute approximate surface area is 154 Å². The van der Waals surface area contributed by atoms with Gasteiger partial charge in [0.25, 0.3) is 10.0 Å². The molecule has 9 heteroatoms. The highest BCUT2D eigenvalue weighted by Gasteiger charge is 2.29. The van der Waals surface area contributed by atoms with Crippen molar-refractivity contribution in [2.75, 3.05) is 26.2 Å². The number of hydrogen-bond donors (Lipinski definition) is 0. The Morgan fingerprint density at radius 2 is 1.84 bits per heavy atom. The molecule has 3 aromatic heterocycles. The maximum atomic E-state index is 12.5. The van der Waals surface area contributed by atoms with Gasteiger partial charge in [-0.1, -0.05) is 12.1 Å². The third-order valence-corrected chi connectivity index (χ3v) is 8.22. The quantitative estimate of drug-likeness (QED) is 0.664. The molecule has 0 amide bonds. The van der Waals surface area contributed by atoms with Gasteiger partial charge in [-0.2, -0.15) is 4.31 Å². The molecule has 4 rings (SSSR count). The number of aromatic nitrogens is 1. The number of sulfonamides is 1. The molecule has 0 atom stereocenters. The molecule has 0 bridgehead atoms. The van der Waals surface area contributed by atoms with Crippen molar-refractivity contribution >= 4 is 32.7 Å². The van der Waals surface area contributed by atoms with Crippen LogP contribution in [0, 0.1) is 0 Å². The Kier molecular flexibility index (Phi) is 4.74. The van der Waals surface area contributed by atoms with Crippen LogP contribution in [-0.4, -0.2) is 48.8 Å². The zero-order valence-corrected chi connectivity index (χ0v) is 15.8. The first kappa shape index (κ1) is 16.9. The van der Waals surface area contributed by atoms with Gasteiger partial charge in [0.2, 0.25) is 5.89 Å². The van der Waals surface area contributed by atoms with Gasteiger partial charge in [-0.15, -0.1) is 22.7 Å². The minimum atomic E-state index is -3.35. The SMILES string of the molecule is O=S(=O)(c1cccs1)N1CCN(Cc2coc(-c3cccs3)n2)CC1. The summed E-state index contributed by atoms with van der Waals surface area (Å²) in [6, 6.07) is 7.38. The van der Waals surface area contributed by atoms with Crippen LogP contribution in [0.2, 0.25) is 0 Å². The van der Waals surface area contributed by atoms with Gasteiger partial charge in [0.05, 0.1) is 10.6 Å². The van der Waals surface area contributed by atoms with Gasteiger partial charge in [-0.25, -0.2) is 13.4 Å². The van der Waals surface area contributed by atoms with E-state index in [9.17, 15) is 8.42 Å². The molecule has 0 aromatic carbocycles. The maximum absolute atomic E-state index is 12.5. The number of rotatable bonds is 5. The van der Waals surface area contributed by atoms with Gasteiger partial charge in [-0.05, 0) is 22.9 Å². The van der Waals surface area contributed by atoms with Gasteiger partial charge in [0.15, 0.2) is 0 Å². The predicted octanol–water partition coefficient (Wildman–Crippen LogP) is 2.97. The van der Waals surface area contributed by atoms with Crippen molar-refractivity contribution in [3.8, 4) is 10.8 Å². The standard InChI is InChI=1S/C16H17N3O3S3/c20-25(21,15-4-2-10-24-15)19-7-5-18(6-8-19)11-13-12-22-16(17-13)14-3-1-9-23-14/h1-4,9-10,12H,5-8,11H2. The topological polar surface area (TPSA) is 66.7 Å². The molecule has 0 saturated carbocycles. The first-order valence-corrected chi connectivity index (χ1v) is 11.1. The third-order valence-electron chi connectivity index (χ3n) is 4.09. The number of oxazole rings is 1. The average Bonchev–Trinajstić information content (AvgIpc) is 3.37. The lowest BCUT2D eigenvalue weighted by Gasteiger charge is -2.33. The van der Waals surface area contributed by atoms with Crippen molar-refractivity contribution in [1.29, 1.82) is 0 Å². The van der Waals surface area contributed by atoms with E-state index in [0.717, 1.165) is 10.6 Å². The zero-order chi connectivity index (χ0) is 17.3. The Bertz CT molecular complexity index is 909. The van der Waals surface area contributed by atoms with E-state index in [0.29, 0.717) is 42.8 Å². The molecular weight excluding hydrogens is 378 g/mol. The summed E-state index contributed by atoms with van der Waals surface area (Å²) in [5.74, 6) is 0.643. The first-order valence-electron chi connectivity index (χ1n) is 7.87. The van der Waals surface area contributed by atoms with Crippen LogP contribution in [0.1, 0.15) is 5.69 Å². The summed E-state index contributed by atoms with van der Waals surface area (Å²) in [6.45, 7) is 3.03. The summed E-state index contributed by atoms with van der Waals surface area (Å²) in [6.07, 6.45) is 1.68. The van der Waals surface area contributed by atoms with Gasteiger partial charge >= 0.3 is 0 Å². The van der Waals surface area contributed by atoms with Crippen molar-refractivity contribution in [2.45, 2.75) is 10.8 Å². The van der Waals surface area contributed by atoms with Crippen LogP contribution in [0.5, 0.6) is 0 Å². The molecule has 0 aliphatic carbocycles. The van der Waals surface area contributed by atoms with Gasteiger partial charge in [0.1, 0.15) is 10.5 Å². The highest BCUT2D eigenvalue weighted by atomic mass is 32.2. The monoisotopic (exact) mass is 395 g/mol. The van der Waals surface area contributed by atoms with Gasteiger partial charge < -0.3 is 4.42 Å². The van der Waals surface area contributed by atoms with Crippen molar-refractivity contribution in [1.82, 2.24) is 14.2 Å². The molecule has 1 saturated heterocycles. The molecule has 1 aliphatic rings.